The number of hydrogen-bond acceptors (Lipinski definition) is 3. The second-order valence-electron chi connectivity index (χ2n) is 6.89. The van der Waals surface area contributed by atoms with E-state index >= 15 is 0 Å². The summed E-state index contributed by atoms with van der Waals surface area (Å²) in [6, 6.07) is 13.6. The maximum atomic E-state index is 12.8. The number of amides is 1. The minimum Gasteiger partial charge on any atom is -0.336 e. The summed E-state index contributed by atoms with van der Waals surface area (Å²) in [7, 11) is -3.56. The maximum Gasteiger partial charge on any atom is 0.243 e. The zero-order chi connectivity index (χ0) is 18.9. The van der Waals surface area contributed by atoms with Crippen LogP contribution in [0.15, 0.2) is 42.5 Å². The number of anilines is 1. The highest BCUT2D eigenvalue weighted by Crippen LogP contribution is 2.24. The van der Waals surface area contributed by atoms with Gasteiger partial charge >= 0.3 is 0 Å². The molecule has 0 fully saturated rings. The first-order valence-electron chi connectivity index (χ1n) is 8.65. The fraction of sp³-hybridized carbons (Fsp3) is 0.350. The summed E-state index contributed by atoms with van der Waals surface area (Å²) in [6.07, 6.45) is 1.94. The Morgan fingerprint density at radius 1 is 1.12 bits per heavy atom. The monoisotopic (exact) mass is 372 g/mol. The van der Waals surface area contributed by atoms with Gasteiger partial charge in [0, 0.05) is 13.1 Å². The average molecular weight is 372 g/mol. The highest BCUT2D eigenvalue weighted by atomic mass is 32.2. The molecule has 5 nitrogen and oxygen atoms in total. The van der Waals surface area contributed by atoms with Crippen molar-refractivity contribution >= 4 is 21.6 Å². The van der Waals surface area contributed by atoms with E-state index in [1.54, 1.807) is 11.0 Å². The molecule has 0 spiro atoms. The van der Waals surface area contributed by atoms with E-state index in [0.29, 0.717) is 18.8 Å². The molecule has 2 aromatic carbocycles. The normalized spacial score (nSPS) is 14.0. The maximum absolute atomic E-state index is 12.8. The summed E-state index contributed by atoms with van der Waals surface area (Å²) < 4.78 is 25.9. The fourth-order valence-corrected chi connectivity index (χ4v) is 4.30. The first-order chi connectivity index (χ1) is 12.3. The number of nitrogens with zero attached hydrogens (tertiary/aromatic N) is 2. The van der Waals surface area contributed by atoms with Crippen LogP contribution in [0, 0.1) is 13.8 Å². The number of carbonyl (C=O) groups excluding carboxylic acids is 1. The SMILES string of the molecule is Cc1ccc(N(CC(=O)N2CCc3ccccc3C2)S(C)(=O)=O)c(C)c1. The van der Waals surface area contributed by atoms with Crippen LogP contribution in [0.4, 0.5) is 5.69 Å². The molecule has 1 amide bonds. The molecule has 26 heavy (non-hydrogen) atoms. The number of benzene rings is 2. The van der Waals surface area contributed by atoms with Crippen LogP contribution in [-0.2, 0) is 27.8 Å². The van der Waals surface area contributed by atoms with Gasteiger partial charge in [0.2, 0.25) is 15.9 Å². The summed E-state index contributed by atoms with van der Waals surface area (Å²) in [5, 5.41) is 0. The summed E-state index contributed by atoms with van der Waals surface area (Å²) in [6.45, 7) is 4.78. The van der Waals surface area contributed by atoms with Crippen molar-refractivity contribution in [2.75, 3.05) is 23.7 Å². The second-order valence-corrected chi connectivity index (χ2v) is 8.80. The van der Waals surface area contributed by atoms with Crippen LogP contribution in [0.2, 0.25) is 0 Å². The van der Waals surface area contributed by atoms with Gasteiger partial charge in [-0.1, -0.05) is 42.0 Å². The Hall–Kier alpha value is -2.34. The molecule has 2 aromatic rings. The molecule has 0 bridgehead atoms. The summed E-state index contributed by atoms with van der Waals surface area (Å²) in [4.78, 5) is 14.6. The molecule has 0 N–H and O–H groups in total. The third kappa shape index (κ3) is 3.90. The Bertz CT molecular complexity index is 938. The van der Waals surface area contributed by atoms with Crippen LogP contribution in [0.25, 0.3) is 0 Å². The van der Waals surface area contributed by atoms with Crippen molar-refractivity contribution in [3.63, 3.8) is 0 Å². The first kappa shape index (κ1) is 18.5. The molecule has 0 atom stereocenters. The zero-order valence-electron chi connectivity index (χ0n) is 15.4. The van der Waals surface area contributed by atoms with Crippen molar-refractivity contribution in [1.29, 1.82) is 0 Å². The standard InChI is InChI=1S/C20H24N2O3S/c1-15-8-9-19(16(2)12-15)22(26(3,24)25)14-20(23)21-11-10-17-6-4-5-7-18(17)13-21/h4-9,12H,10-11,13-14H2,1-3H3. The van der Waals surface area contributed by atoms with E-state index in [4.69, 9.17) is 0 Å². The minimum atomic E-state index is -3.56. The van der Waals surface area contributed by atoms with Gasteiger partial charge in [0.05, 0.1) is 11.9 Å². The number of hydrogen-bond donors (Lipinski definition) is 0. The predicted octanol–water partition coefficient (Wildman–Crippen LogP) is 2.65. The molecule has 6 heteroatoms. The van der Waals surface area contributed by atoms with E-state index in [1.807, 2.05) is 44.2 Å². The first-order valence-corrected chi connectivity index (χ1v) is 10.5. The Morgan fingerprint density at radius 2 is 1.81 bits per heavy atom. The molecule has 1 aliphatic heterocycles. The molecular weight excluding hydrogens is 348 g/mol. The van der Waals surface area contributed by atoms with Crippen molar-refractivity contribution in [3.05, 3.63) is 64.7 Å². The molecule has 0 radical (unpaired) electrons. The van der Waals surface area contributed by atoms with Gasteiger partial charge in [0.1, 0.15) is 6.54 Å². The van der Waals surface area contributed by atoms with Crippen molar-refractivity contribution < 1.29 is 13.2 Å². The van der Waals surface area contributed by atoms with Crippen molar-refractivity contribution in [3.8, 4) is 0 Å². The molecule has 0 saturated carbocycles. The molecule has 0 aliphatic carbocycles. The van der Waals surface area contributed by atoms with Crippen LogP contribution in [0.1, 0.15) is 22.3 Å². The van der Waals surface area contributed by atoms with Gasteiger partial charge in [-0.05, 0) is 43.0 Å². The Labute approximate surface area is 155 Å². The summed E-state index contributed by atoms with van der Waals surface area (Å²) in [5.41, 5.74) is 4.84. The second kappa shape index (κ2) is 7.11. The van der Waals surface area contributed by atoms with Gasteiger partial charge in [0.15, 0.2) is 0 Å². The van der Waals surface area contributed by atoms with Crippen molar-refractivity contribution in [2.24, 2.45) is 0 Å². The lowest BCUT2D eigenvalue weighted by Gasteiger charge is -2.31. The molecule has 3 rings (SSSR count). The third-order valence-electron chi connectivity index (χ3n) is 4.78. The summed E-state index contributed by atoms with van der Waals surface area (Å²) in [5.74, 6) is -0.176. The fourth-order valence-electron chi connectivity index (χ4n) is 3.40. The van der Waals surface area contributed by atoms with Gasteiger partial charge in [-0.15, -0.1) is 0 Å². The van der Waals surface area contributed by atoms with E-state index in [2.05, 4.69) is 6.07 Å². The summed E-state index contributed by atoms with van der Waals surface area (Å²) >= 11 is 0. The van der Waals surface area contributed by atoms with Gasteiger partial charge < -0.3 is 4.90 Å². The Balaban J connectivity index is 1.83. The zero-order valence-corrected chi connectivity index (χ0v) is 16.2. The molecular formula is C20H24N2O3S. The molecule has 0 aromatic heterocycles. The van der Waals surface area contributed by atoms with Crippen LogP contribution in [0.3, 0.4) is 0 Å². The number of rotatable bonds is 4. The minimum absolute atomic E-state index is 0.176. The quantitative estimate of drug-likeness (QED) is 0.829. The lowest BCUT2D eigenvalue weighted by Crippen LogP contribution is -2.44. The van der Waals surface area contributed by atoms with E-state index in [9.17, 15) is 13.2 Å². The third-order valence-corrected chi connectivity index (χ3v) is 5.91. The van der Waals surface area contributed by atoms with E-state index in [-0.39, 0.29) is 12.5 Å². The number of carbonyl (C=O) groups is 1. The highest BCUT2D eigenvalue weighted by molar-refractivity contribution is 7.92. The highest BCUT2D eigenvalue weighted by Gasteiger charge is 2.27. The largest absolute Gasteiger partial charge is 0.336 e. The molecule has 138 valence electrons. The Kier molecular flexibility index (Phi) is 5.05. The van der Waals surface area contributed by atoms with Crippen molar-refractivity contribution in [2.45, 2.75) is 26.8 Å². The lowest BCUT2D eigenvalue weighted by atomic mass is 10.00. The molecule has 0 saturated heterocycles. The number of aryl methyl sites for hydroxylation is 2. The molecule has 0 unspecified atom stereocenters. The van der Waals surface area contributed by atoms with Crippen LogP contribution >= 0.6 is 0 Å². The molecule has 1 aliphatic rings. The molecule has 1 heterocycles. The predicted molar refractivity (Wildman–Crippen MR) is 104 cm³/mol. The van der Waals surface area contributed by atoms with Gasteiger partial charge in [-0.2, -0.15) is 0 Å². The van der Waals surface area contributed by atoms with Gasteiger partial charge in [-0.3, -0.25) is 9.10 Å². The number of sulfonamides is 1. The van der Waals surface area contributed by atoms with E-state index in [0.717, 1.165) is 29.4 Å². The average Bonchev–Trinajstić information content (AvgIpc) is 2.59. The van der Waals surface area contributed by atoms with Crippen molar-refractivity contribution in [1.82, 2.24) is 4.90 Å². The Morgan fingerprint density at radius 3 is 2.46 bits per heavy atom. The smallest absolute Gasteiger partial charge is 0.243 e. The number of fused-ring (bicyclic) bond motifs is 1. The van der Waals surface area contributed by atoms with E-state index < -0.39 is 10.0 Å². The van der Waals surface area contributed by atoms with Gasteiger partial charge in [-0.25, -0.2) is 8.42 Å². The van der Waals surface area contributed by atoms with Crippen LogP contribution in [0.5, 0.6) is 0 Å². The van der Waals surface area contributed by atoms with Crippen LogP contribution in [-0.4, -0.2) is 38.6 Å². The lowest BCUT2D eigenvalue weighted by molar-refractivity contribution is -0.130. The van der Waals surface area contributed by atoms with Gasteiger partial charge in [0.25, 0.3) is 0 Å². The topological polar surface area (TPSA) is 57.7 Å². The van der Waals surface area contributed by atoms with Crippen LogP contribution < -0.4 is 4.31 Å². The van der Waals surface area contributed by atoms with E-state index in [1.165, 1.54) is 9.87 Å².